The summed E-state index contributed by atoms with van der Waals surface area (Å²) in [5.74, 6) is 0. The molecule has 0 atom stereocenters. The highest BCUT2D eigenvalue weighted by molar-refractivity contribution is 9.11. The fourth-order valence-corrected chi connectivity index (χ4v) is 7.27. The highest BCUT2D eigenvalue weighted by Crippen LogP contribution is 2.37. The van der Waals surface area contributed by atoms with Crippen molar-refractivity contribution in [1.29, 1.82) is 0 Å². The lowest BCUT2D eigenvalue weighted by Crippen LogP contribution is -2.15. The summed E-state index contributed by atoms with van der Waals surface area (Å²) in [5, 5.41) is 11.0. The fraction of sp³-hybridized carbons (Fsp3) is 0.167. The molecule has 1 aromatic carbocycles. The molecule has 2 aromatic rings. The quantitative estimate of drug-likeness (QED) is 0.618. The minimum Gasteiger partial charge on any atom is -0.391 e. The van der Waals surface area contributed by atoms with Crippen molar-refractivity contribution in [3.8, 4) is 0 Å². The maximum Gasteiger partial charge on any atom is 0.263 e. The van der Waals surface area contributed by atoms with Crippen LogP contribution in [-0.2, 0) is 16.6 Å². The molecule has 0 aliphatic rings. The van der Waals surface area contributed by atoms with Gasteiger partial charge in [0.1, 0.15) is 4.90 Å². The summed E-state index contributed by atoms with van der Waals surface area (Å²) in [7, 11) is -3.78. The standard InChI is InChI=1S/C12H10Br3NO3S2/c1-6-5-20-10(4-17)12(6)21(18,19)16-11-8(14)2-7(13)3-9(11)15/h2-3,5,16-17H,4H2,1H3. The van der Waals surface area contributed by atoms with Crippen LogP contribution in [0, 0.1) is 6.92 Å². The zero-order valence-corrected chi connectivity index (χ0v) is 17.0. The Morgan fingerprint density at radius 3 is 2.33 bits per heavy atom. The van der Waals surface area contributed by atoms with Crippen LogP contribution in [0.4, 0.5) is 5.69 Å². The number of anilines is 1. The summed E-state index contributed by atoms with van der Waals surface area (Å²) < 4.78 is 29.7. The van der Waals surface area contributed by atoms with Gasteiger partial charge in [-0.25, -0.2) is 8.42 Å². The highest BCUT2D eigenvalue weighted by Gasteiger charge is 2.24. The Balaban J connectivity index is 2.50. The summed E-state index contributed by atoms with van der Waals surface area (Å²) >= 11 is 11.2. The smallest absolute Gasteiger partial charge is 0.263 e. The van der Waals surface area contributed by atoms with Crippen molar-refractivity contribution in [2.24, 2.45) is 0 Å². The first-order valence-electron chi connectivity index (χ1n) is 5.61. The van der Waals surface area contributed by atoms with Gasteiger partial charge in [0.25, 0.3) is 10.0 Å². The number of aliphatic hydroxyl groups excluding tert-OH is 1. The number of aliphatic hydroxyl groups is 1. The lowest BCUT2D eigenvalue weighted by molar-refractivity contribution is 0.282. The predicted octanol–water partition coefficient (Wildman–Crippen LogP) is 4.64. The van der Waals surface area contributed by atoms with Gasteiger partial charge in [0, 0.05) is 13.4 Å². The molecule has 0 saturated carbocycles. The van der Waals surface area contributed by atoms with Crippen LogP contribution in [0.3, 0.4) is 0 Å². The molecule has 0 radical (unpaired) electrons. The third-order valence-electron chi connectivity index (χ3n) is 2.65. The number of halogens is 3. The summed E-state index contributed by atoms with van der Waals surface area (Å²) in [4.78, 5) is 0.557. The van der Waals surface area contributed by atoms with E-state index in [1.165, 1.54) is 11.3 Å². The van der Waals surface area contributed by atoms with Crippen LogP contribution in [0.2, 0.25) is 0 Å². The van der Waals surface area contributed by atoms with Gasteiger partial charge in [0.15, 0.2) is 0 Å². The average Bonchev–Trinajstić information content (AvgIpc) is 2.76. The Morgan fingerprint density at radius 2 is 1.81 bits per heavy atom. The first-order valence-corrected chi connectivity index (χ1v) is 10.4. The van der Waals surface area contributed by atoms with Crippen LogP contribution in [0.5, 0.6) is 0 Å². The Bertz CT molecular complexity index is 764. The second kappa shape index (κ2) is 6.67. The number of sulfonamides is 1. The normalized spacial score (nSPS) is 11.7. The van der Waals surface area contributed by atoms with Gasteiger partial charge in [-0.3, -0.25) is 4.72 Å². The molecule has 9 heteroatoms. The lowest BCUT2D eigenvalue weighted by Gasteiger charge is -2.13. The summed E-state index contributed by atoms with van der Waals surface area (Å²) in [6.45, 7) is 1.40. The minimum absolute atomic E-state index is 0.136. The van der Waals surface area contributed by atoms with Crippen LogP contribution in [-0.4, -0.2) is 13.5 Å². The predicted molar refractivity (Wildman–Crippen MR) is 95.3 cm³/mol. The van der Waals surface area contributed by atoms with E-state index in [1.54, 1.807) is 24.4 Å². The minimum atomic E-state index is -3.78. The zero-order chi connectivity index (χ0) is 15.8. The number of hydrogen-bond acceptors (Lipinski definition) is 4. The van der Waals surface area contributed by atoms with Crippen LogP contribution < -0.4 is 4.72 Å². The molecule has 0 unspecified atom stereocenters. The van der Waals surface area contributed by atoms with Crippen LogP contribution in [0.15, 0.2) is 35.8 Å². The van der Waals surface area contributed by atoms with Crippen molar-refractivity contribution in [2.45, 2.75) is 18.4 Å². The largest absolute Gasteiger partial charge is 0.391 e. The molecule has 2 N–H and O–H groups in total. The molecular formula is C12H10Br3NO3S2. The van der Waals surface area contributed by atoms with Crippen LogP contribution in [0.1, 0.15) is 10.4 Å². The van der Waals surface area contributed by atoms with E-state index in [9.17, 15) is 13.5 Å². The number of benzene rings is 1. The summed E-state index contributed by atoms with van der Waals surface area (Å²) in [6.07, 6.45) is 0. The number of hydrogen-bond donors (Lipinski definition) is 2. The van der Waals surface area contributed by atoms with Gasteiger partial charge in [-0.05, 0) is 61.9 Å². The van der Waals surface area contributed by atoms with Crippen molar-refractivity contribution >= 4 is 74.8 Å². The number of rotatable bonds is 4. The van der Waals surface area contributed by atoms with Crippen molar-refractivity contribution < 1.29 is 13.5 Å². The van der Waals surface area contributed by atoms with Crippen LogP contribution in [0.25, 0.3) is 0 Å². The SMILES string of the molecule is Cc1csc(CO)c1S(=O)(=O)Nc1c(Br)cc(Br)cc1Br. The Kier molecular flexibility index (Phi) is 5.54. The molecule has 1 aromatic heterocycles. The first-order chi connectivity index (χ1) is 9.76. The van der Waals surface area contributed by atoms with E-state index in [1.807, 2.05) is 0 Å². The fourth-order valence-electron chi connectivity index (χ4n) is 1.78. The van der Waals surface area contributed by atoms with E-state index in [-0.39, 0.29) is 11.5 Å². The molecule has 4 nitrogen and oxygen atoms in total. The van der Waals surface area contributed by atoms with Crippen molar-refractivity contribution in [1.82, 2.24) is 0 Å². The highest BCUT2D eigenvalue weighted by atomic mass is 79.9. The molecule has 21 heavy (non-hydrogen) atoms. The molecule has 0 aliphatic heterocycles. The Labute approximate surface area is 152 Å². The zero-order valence-electron chi connectivity index (χ0n) is 10.7. The molecule has 0 amide bonds. The first kappa shape index (κ1) is 17.4. The second-order valence-electron chi connectivity index (χ2n) is 4.18. The van der Waals surface area contributed by atoms with Gasteiger partial charge in [-0.15, -0.1) is 11.3 Å². The van der Waals surface area contributed by atoms with Gasteiger partial charge in [-0.1, -0.05) is 15.9 Å². The van der Waals surface area contributed by atoms with E-state index in [2.05, 4.69) is 52.5 Å². The van der Waals surface area contributed by atoms with Gasteiger partial charge in [0.2, 0.25) is 0 Å². The third kappa shape index (κ3) is 3.70. The van der Waals surface area contributed by atoms with Gasteiger partial charge < -0.3 is 5.11 Å². The molecule has 1 heterocycles. The van der Waals surface area contributed by atoms with Gasteiger partial charge in [-0.2, -0.15) is 0 Å². The number of thiophene rings is 1. The van der Waals surface area contributed by atoms with Gasteiger partial charge in [0.05, 0.1) is 17.2 Å². The average molecular weight is 520 g/mol. The Hall–Kier alpha value is 0.0700. The molecule has 0 fully saturated rings. The van der Waals surface area contributed by atoms with Crippen molar-refractivity contribution in [3.63, 3.8) is 0 Å². The molecule has 0 spiro atoms. The van der Waals surface area contributed by atoms with Crippen LogP contribution >= 0.6 is 59.1 Å². The molecule has 114 valence electrons. The topological polar surface area (TPSA) is 66.4 Å². The molecule has 0 saturated heterocycles. The second-order valence-corrected chi connectivity index (χ2v) is 9.39. The van der Waals surface area contributed by atoms with E-state index < -0.39 is 10.0 Å². The third-order valence-corrected chi connectivity index (χ3v) is 7.15. The van der Waals surface area contributed by atoms with E-state index in [4.69, 9.17) is 0 Å². The lowest BCUT2D eigenvalue weighted by atomic mass is 10.3. The molecule has 0 aliphatic carbocycles. The van der Waals surface area contributed by atoms with E-state index >= 15 is 0 Å². The maximum absolute atomic E-state index is 12.6. The number of nitrogens with one attached hydrogen (secondary N) is 1. The Morgan fingerprint density at radius 1 is 1.24 bits per heavy atom. The van der Waals surface area contributed by atoms with Crippen molar-refractivity contribution in [2.75, 3.05) is 4.72 Å². The van der Waals surface area contributed by atoms with Gasteiger partial charge >= 0.3 is 0 Å². The molecule has 2 rings (SSSR count). The van der Waals surface area contributed by atoms with E-state index in [0.29, 0.717) is 25.1 Å². The summed E-state index contributed by atoms with van der Waals surface area (Å²) in [5.41, 5.74) is 1.02. The number of aryl methyl sites for hydroxylation is 1. The molecular weight excluding hydrogens is 510 g/mol. The monoisotopic (exact) mass is 517 g/mol. The van der Waals surface area contributed by atoms with Crippen molar-refractivity contribution in [3.05, 3.63) is 41.4 Å². The summed E-state index contributed by atoms with van der Waals surface area (Å²) in [6, 6.07) is 3.49. The maximum atomic E-state index is 12.6. The van der Waals surface area contributed by atoms with E-state index in [0.717, 1.165) is 4.47 Å². The molecule has 0 bridgehead atoms.